The van der Waals surface area contributed by atoms with Gasteiger partial charge in [0.2, 0.25) is 5.91 Å². The smallest absolute Gasteiger partial charge is 0.344 e. The van der Waals surface area contributed by atoms with Crippen molar-refractivity contribution in [3.05, 3.63) is 0 Å². The van der Waals surface area contributed by atoms with E-state index in [1.54, 1.807) is 0 Å². The molecule has 2 atom stereocenters. The van der Waals surface area contributed by atoms with Crippen LogP contribution in [0.3, 0.4) is 0 Å². The first-order valence-electron chi connectivity index (χ1n) is 5.49. The molecule has 4 N–H and O–H groups in total. The van der Waals surface area contributed by atoms with Crippen LogP contribution in [0.25, 0.3) is 0 Å². The quantitative estimate of drug-likeness (QED) is 0.404. The number of fused-ring (bicyclic) bond motifs is 2. The third-order valence-electron chi connectivity index (χ3n) is 3.03. The average Bonchev–Trinajstić information content (AvgIpc) is 2.54. The molecule has 0 spiro atoms. The van der Waals surface area contributed by atoms with E-state index in [9.17, 15) is 19.6 Å². The fourth-order valence-electron chi connectivity index (χ4n) is 2.17. The summed E-state index contributed by atoms with van der Waals surface area (Å²) in [6.07, 6.45) is 0.964. The number of primary amides is 1. The van der Waals surface area contributed by atoms with Gasteiger partial charge in [-0.15, -0.1) is 0 Å². The largest absolute Gasteiger partial charge is 0.368 e. The number of carbonyl (C=O) groups excluding carboxylic acids is 3. The van der Waals surface area contributed by atoms with Gasteiger partial charge in [0.1, 0.15) is 6.04 Å². The minimum Gasteiger partial charge on any atom is -0.368 e. The molecule has 0 radical (unpaired) electrons. The molecule has 2 heterocycles. The molecule has 100 valence electrons. The lowest BCUT2D eigenvalue weighted by molar-refractivity contribution is -0.142. The first-order chi connectivity index (χ1) is 8.50. The van der Waals surface area contributed by atoms with Gasteiger partial charge in [-0.05, 0) is 12.8 Å². The van der Waals surface area contributed by atoms with Gasteiger partial charge in [0.05, 0.1) is 6.04 Å². The van der Waals surface area contributed by atoms with Gasteiger partial charge in [-0.1, -0.05) is 0 Å². The highest BCUT2D eigenvalue weighted by atomic mass is 16.7. The average molecular weight is 258 g/mol. The lowest BCUT2D eigenvalue weighted by Gasteiger charge is -2.28. The Morgan fingerprint density at radius 3 is 2.89 bits per heavy atom. The standard InChI is InChI=1S/C9H14N4O5/c10-7(14)4-18-11-8(15)6-2-1-5-3-12(6)9(16)13(5)17/h5-6,17H,1-4H2,(H2,10,14)(H,11,15)/t5?,6-/m0/s1. The van der Waals surface area contributed by atoms with Crippen molar-refractivity contribution in [2.75, 3.05) is 13.2 Å². The van der Waals surface area contributed by atoms with Gasteiger partial charge in [-0.25, -0.2) is 15.3 Å². The van der Waals surface area contributed by atoms with Crippen molar-refractivity contribution in [1.82, 2.24) is 15.4 Å². The van der Waals surface area contributed by atoms with Crippen molar-refractivity contribution in [2.24, 2.45) is 5.73 Å². The number of amides is 4. The molecule has 2 rings (SSSR count). The zero-order valence-corrected chi connectivity index (χ0v) is 9.54. The Morgan fingerprint density at radius 1 is 1.50 bits per heavy atom. The van der Waals surface area contributed by atoms with Gasteiger partial charge in [0, 0.05) is 6.54 Å². The Morgan fingerprint density at radius 2 is 2.22 bits per heavy atom. The molecule has 0 aliphatic carbocycles. The molecule has 2 aliphatic heterocycles. The van der Waals surface area contributed by atoms with Crippen LogP contribution in [0.1, 0.15) is 12.8 Å². The molecule has 1 unspecified atom stereocenters. The Kier molecular flexibility index (Phi) is 3.34. The number of hydrogen-bond acceptors (Lipinski definition) is 5. The second kappa shape index (κ2) is 4.78. The minimum atomic E-state index is -0.710. The van der Waals surface area contributed by atoms with Crippen LogP contribution in [0.15, 0.2) is 0 Å². The molecule has 2 bridgehead atoms. The summed E-state index contributed by atoms with van der Waals surface area (Å²) in [5.74, 6) is -1.24. The van der Waals surface area contributed by atoms with Gasteiger partial charge in [-0.2, -0.15) is 0 Å². The zero-order chi connectivity index (χ0) is 13.3. The summed E-state index contributed by atoms with van der Waals surface area (Å²) >= 11 is 0. The molecule has 4 amide bonds. The number of piperidine rings is 1. The summed E-state index contributed by atoms with van der Waals surface area (Å²) in [5.41, 5.74) is 6.91. The van der Waals surface area contributed by atoms with Crippen LogP contribution in [0.5, 0.6) is 0 Å². The fraction of sp³-hybridized carbons (Fsp3) is 0.667. The molecule has 18 heavy (non-hydrogen) atoms. The van der Waals surface area contributed by atoms with Crippen molar-refractivity contribution in [2.45, 2.75) is 24.9 Å². The molecule has 0 saturated carbocycles. The highest BCUT2D eigenvalue weighted by molar-refractivity contribution is 5.88. The molecular weight excluding hydrogens is 244 g/mol. The number of nitrogens with two attached hydrogens (primary N) is 1. The van der Waals surface area contributed by atoms with E-state index < -0.39 is 30.5 Å². The third kappa shape index (κ3) is 2.22. The molecule has 9 heteroatoms. The van der Waals surface area contributed by atoms with E-state index >= 15 is 0 Å². The number of hydroxylamine groups is 3. The molecular formula is C9H14N4O5. The van der Waals surface area contributed by atoms with Gasteiger partial charge < -0.3 is 10.6 Å². The molecule has 2 saturated heterocycles. The van der Waals surface area contributed by atoms with E-state index in [4.69, 9.17) is 5.73 Å². The SMILES string of the molecule is NC(=O)CONC(=O)[C@@H]1CCC2CN1C(=O)N2O. The Hall–Kier alpha value is -1.87. The highest BCUT2D eigenvalue weighted by Crippen LogP contribution is 2.28. The first kappa shape index (κ1) is 12.6. The maximum atomic E-state index is 11.7. The van der Waals surface area contributed by atoms with Crippen LogP contribution < -0.4 is 11.2 Å². The van der Waals surface area contributed by atoms with Crippen LogP contribution >= 0.6 is 0 Å². The number of hydrogen-bond donors (Lipinski definition) is 3. The Balaban J connectivity index is 1.91. The van der Waals surface area contributed by atoms with E-state index in [-0.39, 0.29) is 6.04 Å². The van der Waals surface area contributed by atoms with E-state index in [2.05, 4.69) is 10.3 Å². The van der Waals surface area contributed by atoms with Crippen LogP contribution in [-0.4, -0.2) is 58.3 Å². The van der Waals surface area contributed by atoms with Crippen molar-refractivity contribution in [3.8, 4) is 0 Å². The lowest BCUT2D eigenvalue weighted by atomic mass is 10.0. The number of rotatable bonds is 4. The van der Waals surface area contributed by atoms with Gasteiger partial charge in [0.25, 0.3) is 5.91 Å². The number of urea groups is 1. The van der Waals surface area contributed by atoms with Gasteiger partial charge >= 0.3 is 6.03 Å². The number of nitrogens with zero attached hydrogens (tertiary/aromatic N) is 2. The minimum absolute atomic E-state index is 0.256. The molecule has 2 fully saturated rings. The Bertz CT molecular complexity index is 387. The second-order valence-electron chi connectivity index (χ2n) is 4.25. The summed E-state index contributed by atoms with van der Waals surface area (Å²) in [4.78, 5) is 39.6. The van der Waals surface area contributed by atoms with Gasteiger partial charge in [0.15, 0.2) is 6.61 Å². The summed E-state index contributed by atoms with van der Waals surface area (Å²) in [7, 11) is 0. The van der Waals surface area contributed by atoms with E-state index in [1.807, 2.05) is 0 Å². The predicted molar refractivity (Wildman–Crippen MR) is 55.8 cm³/mol. The molecule has 2 aliphatic rings. The van der Waals surface area contributed by atoms with Crippen LogP contribution in [0, 0.1) is 0 Å². The third-order valence-corrected chi connectivity index (χ3v) is 3.03. The molecule has 0 aromatic rings. The summed E-state index contributed by atoms with van der Waals surface area (Å²) in [6, 6.07) is -1.54. The predicted octanol–water partition coefficient (Wildman–Crippen LogP) is -1.82. The molecule has 0 aromatic heterocycles. The molecule has 9 nitrogen and oxygen atoms in total. The van der Waals surface area contributed by atoms with Crippen molar-refractivity contribution in [3.63, 3.8) is 0 Å². The maximum Gasteiger partial charge on any atom is 0.344 e. The highest BCUT2D eigenvalue weighted by Gasteiger charge is 2.46. The zero-order valence-electron chi connectivity index (χ0n) is 9.54. The first-order valence-corrected chi connectivity index (χ1v) is 5.49. The lowest BCUT2D eigenvalue weighted by Crippen LogP contribution is -2.50. The summed E-state index contributed by atoms with van der Waals surface area (Å²) in [6.45, 7) is -0.121. The monoisotopic (exact) mass is 258 g/mol. The van der Waals surface area contributed by atoms with Crippen LogP contribution in [0.4, 0.5) is 4.79 Å². The van der Waals surface area contributed by atoms with Gasteiger partial charge in [-0.3, -0.25) is 19.6 Å². The normalized spacial score (nSPS) is 26.4. The number of nitrogens with one attached hydrogen (secondary N) is 1. The summed E-state index contributed by atoms with van der Waals surface area (Å²) < 4.78 is 0. The van der Waals surface area contributed by atoms with Crippen molar-refractivity contribution >= 4 is 17.8 Å². The van der Waals surface area contributed by atoms with E-state index in [0.29, 0.717) is 24.4 Å². The fourth-order valence-corrected chi connectivity index (χ4v) is 2.17. The second-order valence-corrected chi connectivity index (χ2v) is 4.25. The van der Waals surface area contributed by atoms with Crippen LogP contribution in [-0.2, 0) is 14.4 Å². The number of carbonyl (C=O) groups is 3. The van der Waals surface area contributed by atoms with E-state index in [0.717, 1.165) is 0 Å². The Labute approximate surface area is 102 Å². The van der Waals surface area contributed by atoms with Crippen molar-refractivity contribution < 1.29 is 24.4 Å². The maximum absolute atomic E-state index is 11.7. The topological polar surface area (TPSA) is 125 Å². The van der Waals surface area contributed by atoms with Crippen molar-refractivity contribution in [1.29, 1.82) is 0 Å². The molecule has 0 aromatic carbocycles. The summed E-state index contributed by atoms with van der Waals surface area (Å²) in [5, 5.41) is 10.1. The van der Waals surface area contributed by atoms with Crippen LogP contribution in [0.2, 0.25) is 0 Å². The van der Waals surface area contributed by atoms with E-state index in [1.165, 1.54) is 4.90 Å².